The van der Waals surface area contributed by atoms with Gasteiger partial charge in [0.15, 0.2) is 5.03 Å². The van der Waals surface area contributed by atoms with E-state index in [1.807, 2.05) is 24.3 Å². The maximum Gasteiger partial charge on any atom is 0.256 e. The predicted molar refractivity (Wildman–Crippen MR) is 94.7 cm³/mol. The monoisotopic (exact) mass is 329 g/mol. The van der Waals surface area contributed by atoms with E-state index in [0.717, 1.165) is 17.7 Å². The minimum atomic E-state index is -0.780. The molecule has 0 fully saturated rings. The summed E-state index contributed by atoms with van der Waals surface area (Å²) in [5.41, 5.74) is 22.2. The Bertz CT molecular complexity index is 744. The second kappa shape index (κ2) is 7.79. The van der Waals surface area contributed by atoms with Crippen LogP contribution in [-0.2, 0) is 6.42 Å². The second-order valence-corrected chi connectivity index (χ2v) is 5.00. The van der Waals surface area contributed by atoms with Crippen LogP contribution in [0, 0.1) is 10.1 Å². The molecular weight excluding hydrogens is 310 g/mol. The standard InChI is InChI=1S/C15H19N7O2/c16-8-7-10-1-3-11(4-2-10)19-14-9-12(5-6-13(14)17)20-15(18)21-22(23)24/h1-6,9,19H,7-8,16-17H2,(H3,18,20,21). The summed E-state index contributed by atoms with van der Waals surface area (Å²) < 4.78 is 0. The van der Waals surface area contributed by atoms with Crippen LogP contribution in [0.2, 0.25) is 0 Å². The highest BCUT2D eigenvalue weighted by atomic mass is 16.7. The molecule has 2 aromatic rings. The Labute approximate surface area is 138 Å². The fraction of sp³-hybridized carbons (Fsp3) is 0.133. The van der Waals surface area contributed by atoms with Gasteiger partial charge in [-0.3, -0.25) is 0 Å². The van der Waals surface area contributed by atoms with Crippen molar-refractivity contribution in [2.75, 3.05) is 17.6 Å². The van der Waals surface area contributed by atoms with Crippen molar-refractivity contribution in [2.24, 2.45) is 16.5 Å². The third-order valence-corrected chi connectivity index (χ3v) is 3.16. The van der Waals surface area contributed by atoms with Gasteiger partial charge < -0.3 is 22.5 Å². The van der Waals surface area contributed by atoms with Crippen LogP contribution in [0.25, 0.3) is 0 Å². The van der Waals surface area contributed by atoms with E-state index < -0.39 is 5.03 Å². The van der Waals surface area contributed by atoms with Gasteiger partial charge in [-0.2, -0.15) is 0 Å². The first-order valence-corrected chi connectivity index (χ1v) is 7.18. The molecule has 0 spiro atoms. The number of benzene rings is 2. The molecule has 0 saturated heterocycles. The van der Waals surface area contributed by atoms with Crippen LogP contribution in [-0.4, -0.2) is 17.5 Å². The van der Waals surface area contributed by atoms with E-state index in [1.54, 1.807) is 23.6 Å². The quantitative estimate of drug-likeness (QED) is 0.175. The SMILES string of the molecule is NCCc1ccc(Nc2cc(N=C(N)N[N+](=O)[O-])ccc2N)cc1. The van der Waals surface area contributed by atoms with Crippen LogP contribution in [0.3, 0.4) is 0 Å². The number of rotatable bonds is 6. The molecule has 2 aromatic carbocycles. The molecule has 24 heavy (non-hydrogen) atoms. The maximum absolute atomic E-state index is 10.3. The molecular formula is C15H19N7O2. The van der Waals surface area contributed by atoms with Crippen molar-refractivity contribution in [1.29, 1.82) is 0 Å². The van der Waals surface area contributed by atoms with E-state index >= 15 is 0 Å². The fourth-order valence-electron chi connectivity index (χ4n) is 2.06. The molecule has 0 saturated carbocycles. The van der Waals surface area contributed by atoms with E-state index in [2.05, 4.69) is 10.3 Å². The summed E-state index contributed by atoms with van der Waals surface area (Å²) in [6.45, 7) is 0.597. The first-order valence-electron chi connectivity index (χ1n) is 7.18. The van der Waals surface area contributed by atoms with Crippen LogP contribution >= 0.6 is 0 Å². The lowest BCUT2D eigenvalue weighted by Crippen LogP contribution is -2.35. The molecule has 0 heterocycles. The number of hydrazine groups is 1. The Kier molecular flexibility index (Phi) is 5.53. The first-order chi connectivity index (χ1) is 11.5. The van der Waals surface area contributed by atoms with Gasteiger partial charge in [0.1, 0.15) is 0 Å². The molecule has 2 rings (SSSR count). The van der Waals surface area contributed by atoms with Crippen molar-refractivity contribution in [3.05, 3.63) is 58.1 Å². The van der Waals surface area contributed by atoms with Crippen molar-refractivity contribution >= 4 is 28.7 Å². The zero-order chi connectivity index (χ0) is 17.5. The van der Waals surface area contributed by atoms with Crippen molar-refractivity contribution in [2.45, 2.75) is 6.42 Å². The predicted octanol–water partition coefficient (Wildman–Crippen LogP) is 1.24. The van der Waals surface area contributed by atoms with Gasteiger partial charge in [-0.1, -0.05) is 17.6 Å². The highest BCUT2D eigenvalue weighted by Gasteiger charge is 2.04. The summed E-state index contributed by atoms with van der Waals surface area (Å²) in [6, 6.07) is 12.7. The number of aliphatic imine (C=N–C) groups is 1. The Morgan fingerprint density at radius 3 is 2.54 bits per heavy atom. The second-order valence-electron chi connectivity index (χ2n) is 5.00. The average Bonchev–Trinajstić information content (AvgIpc) is 2.52. The van der Waals surface area contributed by atoms with Crippen molar-refractivity contribution in [3.63, 3.8) is 0 Å². The van der Waals surface area contributed by atoms with Gasteiger partial charge in [-0.05, 0) is 48.9 Å². The number of guanidine groups is 1. The summed E-state index contributed by atoms with van der Waals surface area (Å²) in [6.07, 6.45) is 0.815. The number of anilines is 3. The first kappa shape index (κ1) is 17.0. The minimum Gasteiger partial charge on any atom is -0.397 e. The van der Waals surface area contributed by atoms with E-state index in [4.69, 9.17) is 17.2 Å². The van der Waals surface area contributed by atoms with Gasteiger partial charge in [0.05, 0.1) is 17.1 Å². The number of nitrogens with zero attached hydrogens (tertiary/aromatic N) is 2. The molecule has 0 aliphatic rings. The van der Waals surface area contributed by atoms with Crippen LogP contribution < -0.4 is 27.9 Å². The number of nitrogens with one attached hydrogen (secondary N) is 2. The third kappa shape index (κ3) is 4.85. The van der Waals surface area contributed by atoms with Crippen LogP contribution in [0.4, 0.5) is 22.7 Å². The molecule has 9 nitrogen and oxygen atoms in total. The molecule has 0 radical (unpaired) electrons. The molecule has 0 aliphatic heterocycles. The number of nitrogen functional groups attached to an aromatic ring is 1. The lowest BCUT2D eigenvalue weighted by atomic mass is 10.1. The maximum atomic E-state index is 10.3. The van der Waals surface area contributed by atoms with Crippen LogP contribution in [0.1, 0.15) is 5.56 Å². The van der Waals surface area contributed by atoms with Gasteiger partial charge in [-0.25, -0.2) is 15.1 Å². The summed E-state index contributed by atoms with van der Waals surface area (Å²) in [5.74, 6) is -0.318. The van der Waals surface area contributed by atoms with Crippen molar-refractivity contribution in [3.8, 4) is 0 Å². The van der Waals surface area contributed by atoms with Crippen molar-refractivity contribution in [1.82, 2.24) is 5.43 Å². The molecule has 0 aromatic heterocycles. The zero-order valence-corrected chi connectivity index (χ0v) is 12.9. The molecule has 0 amide bonds. The molecule has 0 bridgehead atoms. The smallest absolute Gasteiger partial charge is 0.256 e. The van der Waals surface area contributed by atoms with E-state index in [1.165, 1.54) is 0 Å². The highest BCUT2D eigenvalue weighted by molar-refractivity contribution is 5.82. The number of nitrogens with two attached hydrogens (primary N) is 3. The van der Waals surface area contributed by atoms with Crippen LogP contribution in [0.5, 0.6) is 0 Å². The number of hydrogen-bond acceptors (Lipinski definition) is 6. The summed E-state index contributed by atoms with van der Waals surface area (Å²) >= 11 is 0. The fourth-order valence-corrected chi connectivity index (χ4v) is 2.06. The lowest BCUT2D eigenvalue weighted by molar-refractivity contribution is -0.525. The summed E-state index contributed by atoms with van der Waals surface area (Å²) in [5, 5.41) is 12.7. The molecule has 8 N–H and O–H groups in total. The third-order valence-electron chi connectivity index (χ3n) is 3.16. The Hall–Kier alpha value is -3.33. The van der Waals surface area contributed by atoms with Gasteiger partial charge >= 0.3 is 0 Å². The topological polar surface area (TPSA) is 158 Å². The molecule has 0 unspecified atom stereocenters. The van der Waals surface area contributed by atoms with E-state index in [9.17, 15) is 10.1 Å². The lowest BCUT2D eigenvalue weighted by Gasteiger charge is -2.11. The van der Waals surface area contributed by atoms with E-state index in [0.29, 0.717) is 23.6 Å². The van der Waals surface area contributed by atoms with Gasteiger partial charge in [0, 0.05) is 5.69 Å². The van der Waals surface area contributed by atoms with Gasteiger partial charge in [0.25, 0.3) is 5.96 Å². The van der Waals surface area contributed by atoms with Crippen LogP contribution in [0.15, 0.2) is 47.5 Å². The Morgan fingerprint density at radius 1 is 1.21 bits per heavy atom. The summed E-state index contributed by atoms with van der Waals surface area (Å²) in [4.78, 5) is 14.2. The molecule has 0 atom stereocenters. The zero-order valence-electron chi connectivity index (χ0n) is 12.9. The largest absolute Gasteiger partial charge is 0.397 e. The molecule has 0 aliphatic carbocycles. The Morgan fingerprint density at radius 2 is 1.92 bits per heavy atom. The average molecular weight is 329 g/mol. The normalized spacial score (nSPS) is 11.1. The molecule has 9 heteroatoms. The number of nitro groups is 1. The highest BCUT2D eigenvalue weighted by Crippen LogP contribution is 2.28. The summed E-state index contributed by atoms with van der Waals surface area (Å²) in [7, 11) is 0. The molecule has 126 valence electrons. The van der Waals surface area contributed by atoms with Crippen molar-refractivity contribution < 1.29 is 5.03 Å². The Balaban J connectivity index is 2.17. The van der Waals surface area contributed by atoms with Gasteiger partial charge in [-0.15, -0.1) is 0 Å². The van der Waals surface area contributed by atoms with Gasteiger partial charge in [0.2, 0.25) is 0 Å². The number of hydrogen-bond donors (Lipinski definition) is 5. The van der Waals surface area contributed by atoms with E-state index in [-0.39, 0.29) is 5.96 Å². The minimum absolute atomic E-state index is 0.318.